The number of nitrogens with zero attached hydrogens (tertiary/aromatic N) is 5. The Hall–Kier alpha value is -1.47. The van der Waals surface area contributed by atoms with Crippen molar-refractivity contribution in [3.8, 4) is 0 Å². The van der Waals surface area contributed by atoms with Gasteiger partial charge in [0.2, 0.25) is 9.47 Å². The maximum Gasteiger partial charge on any atom is 0.285 e. The van der Waals surface area contributed by atoms with Crippen LogP contribution < -0.4 is 0 Å². The molecule has 1 amide bonds. The van der Waals surface area contributed by atoms with E-state index in [0.717, 1.165) is 23.7 Å². The van der Waals surface area contributed by atoms with Crippen molar-refractivity contribution in [2.75, 3.05) is 6.54 Å². The minimum Gasteiger partial charge on any atom is -0.332 e. The van der Waals surface area contributed by atoms with Gasteiger partial charge < -0.3 is 9.47 Å². The molecule has 0 aromatic carbocycles. The minimum absolute atomic E-state index is 0.136. The third-order valence-corrected chi connectivity index (χ3v) is 3.62. The summed E-state index contributed by atoms with van der Waals surface area (Å²) in [6.07, 6.45) is 3.66. The minimum atomic E-state index is -0.136. The van der Waals surface area contributed by atoms with E-state index in [1.165, 1.54) is 0 Å². The van der Waals surface area contributed by atoms with Crippen LogP contribution in [-0.2, 0) is 13.1 Å². The Morgan fingerprint density at radius 2 is 2.29 bits per heavy atom. The molecule has 0 bridgehead atoms. The van der Waals surface area contributed by atoms with Gasteiger partial charge >= 0.3 is 0 Å². The molecule has 0 aliphatic carbocycles. The Morgan fingerprint density at radius 1 is 1.41 bits per heavy atom. The Labute approximate surface area is 106 Å². The summed E-state index contributed by atoms with van der Waals surface area (Å²) < 4.78 is 2.32. The molecular weight excluding hydrogens is 262 g/mol. The van der Waals surface area contributed by atoms with Crippen LogP contribution in [0.1, 0.15) is 15.6 Å². The molecule has 3 heterocycles. The largest absolute Gasteiger partial charge is 0.332 e. The van der Waals surface area contributed by atoms with Crippen molar-refractivity contribution in [3.63, 3.8) is 0 Å². The predicted molar refractivity (Wildman–Crippen MR) is 61.9 cm³/mol. The van der Waals surface area contributed by atoms with E-state index in [1.807, 2.05) is 10.8 Å². The van der Waals surface area contributed by atoms with E-state index in [9.17, 15) is 4.79 Å². The van der Waals surface area contributed by atoms with Gasteiger partial charge in [0.25, 0.3) is 5.91 Å². The van der Waals surface area contributed by atoms with Gasteiger partial charge in [-0.2, -0.15) is 0 Å². The molecule has 2 aromatic heterocycles. The molecule has 2 aromatic rings. The number of imidazole rings is 1. The van der Waals surface area contributed by atoms with Crippen LogP contribution in [0.4, 0.5) is 0 Å². The zero-order valence-corrected chi connectivity index (χ0v) is 10.3. The van der Waals surface area contributed by atoms with Crippen LogP contribution in [-0.4, -0.2) is 37.1 Å². The SMILES string of the molecule is O=C(c1nnc(Cl)s1)N1CCn2ccnc2C1. The van der Waals surface area contributed by atoms with Crippen molar-refractivity contribution in [2.24, 2.45) is 0 Å². The van der Waals surface area contributed by atoms with Crippen molar-refractivity contribution >= 4 is 28.8 Å². The Bertz CT molecular complexity index is 565. The average Bonchev–Trinajstić information content (AvgIpc) is 2.95. The molecule has 3 rings (SSSR count). The molecule has 17 heavy (non-hydrogen) atoms. The van der Waals surface area contributed by atoms with E-state index in [-0.39, 0.29) is 10.4 Å². The van der Waals surface area contributed by atoms with Gasteiger partial charge in [0, 0.05) is 25.5 Å². The highest BCUT2D eigenvalue weighted by molar-refractivity contribution is 7.17. The number of carbonyl (C=O) groups excluding carboxylic acids is 1. The van der Waals surface area contributed by atoms with Gasteiger partial charge in [0.1, 0.15) is 5.82 Å². The number of amides is 1. The first-order valence-electron chi connectivity index (χ1n) is 5.02. The van der Waals surface area contributed by atoms with E-state index in [4.69, 9.17) is 11.6 Å². The Morgan fingerprint density at radius 3 is 3.06 bits per heavy atom. The summed E-state index contributed by atoms with van der Waals surface area (Å²) in [6.45, 7) is 1.91. The smallest absolute Gasteiger partial charge is 0.285 e. The van der Waals surface area contributed by atoms with E-state index >= 15 is 0 Å². The lowest BCUT2D eigenvalue weighted by Crippen LogP contribution is -2.38. The number of rotatable bonds is 1. The van der Waals surface area contributed by atoms with Gasteiger partial charge in [-0.1, -0.05) is 11.3 Å². The van der Waals surface area contributed by atoms with Gasteiger partial charge in [-0.15, -0.1) is 10.2 Å². The lowest BCUT2D eigenvalue weighted by atomic mass is 10.3. The highest BCUT2D eigenvalue weighted by Crippen LogP contribution is 2.19. The highest BCUT2D eigenvalue weighted by atomic mass is 35.5. The fourth-order valence-electron chi connectivity index (χ4n) is 1.77. The fourth-order valence-corrected chi connectivity index (χ4v) is 2.57. The molecule has 0 saturated carbocycles. The van der Waals surface area contributed by atoms with Crippen molar-refractivity contribution in [1.29, 1.82) is 0 Å². The van der Waals surface area contributed by atoms with Crippen molar-refractivity contribution < 1.29 is 4.79 Å². The number of fused-ring (bicyclic) bond motifs is 1. The van der Waals surface area contributed by atoms with Crippen LogP contribution in [0.15, 0.2) is 12.4 Å². The lowest BCUT2D eigenvalue weighted by Gasteiger charge is -2.26. The number of aromatic nitrogens is 4. The zero-order chi connectivity index (χ0) is 11.8. The van der Waals surface area contributed by atoms with Crippen molar-refractivity contribution in [3.05, 3.63) is 27.7 Å². The Balaban J connectivity index is 1.81. The topological polar surface area (TPSA) is 63.9 Å². The molecule has 0 atom stereocenters. The monoisotopic (exact) mass is 269 g/mol. The molecule has 0 N–H and O–H groups in total. The van der Waals surface area contributed by atoms with Crippen molar-refractivity contribution in [2.45, 2.75) is 13.1 Å². The summed E-state index contributed by atoms with van der Waals surface area (Å²) >= 11 is 6.76. The van der Waals surface area contributed by atoms with Gasteiger partial charge in [-0.05, 0) is 11.6 Å². The average molecular weight is 270 g/mol. The van der Waals surface area contributed by atoms with Gasteiger partial charge in [0.05, 0.1) is 6.54 Å². The third kappa shape index (κ3) is 1.91. The second kappa shape index (κ2) is 4.08. The van der Waals surface area contributed by atoms with Crippen LogP contribution in [0.3, 0.4) is 0 Å². The second-order valence-electron chi connectivity index (χ2n) is 3.62. The maximum atomic E-state index is 12.1. The van der Waals surface area contributed by atoms with Crippen LogP contribution >= 0.6 is 22.9 Å². The normalized spacial score (nSPS) is 14.8. The highest BCUT2D eigenvalue weighted by Gasteiger charge is 2.24. The summed E-state index contributed by atoms with van der Waals surface area (Å²) in [7, 11) is 0. The van der Waals surface area contributed by atoms with E-state index in [2.05, 4.69) is 15.2 Å². The van der Waals surface area contributed by atoms with Crippen LogP contribution in [0.25, 0.3) is 0 Å². The molecule has 1 aliphatic rings. The fraction of sp³-hybridized carbons (Fsp3) is 0.333. The summed E-state index contributed by atoms with van der Waals surface area (Å²) in [4.78, 5) is 18.0. The zero-order valence-electron chi connectivity index (χ0n) is 8.71. The molecule has 0 saturated heterocycles. The number of hydrogen-bond donors (Lipinski definition) is 0. The molecule has 8 heteroatoms. The van der Waals surface area contributed by atoms with Crippen LogP contribution in [0.5, 0.6) is 0 Å². The first kappa shape index (κ1) is 10.7. The third-order valence-electron chi connectivity index (χ3n) is 2.62. The lowest BCUT2D eigenvalue weighted by molar-refractivity contribution is 0.0706. The molecule has 0 radical (unpaired) electrons. The second-order valence-corrected chi connectivity index (χ2v) is 5.18. The molecular formula is C9H8ClN5OS. The standard InChI is InChI=1S/C9H8ClN5OS/c10-9-13-12-7(17-9)8(16)15-4-3-14-2-1-11-6(14)5-15/h1-2H,3-5H2. The van der Waals surface area contributed by atoms with E-state index in [0.29, 0.717) is 18.1 Å². The van der Waals surface area contributed by atoms with E-state index < -0.39 is 0 Å². The summed E-state index contributed by atoms with van der Waals surface area (Å²) in [6, 6.07) is 0. The summed E-state index contributed by atoms with van der Waals surface area (Å²) in [5.41, 5.74) is 0. The van der Waals surface area contributed by atoms with Crippen LogP contribution in [0.2, 0.25) is 4.47 Å². The van der Waals surface area contributed by atoms with E-state index in [1.54, 1.807) is 11.1 Å². The summed E-state index contributed by atoms with van der Waals surface area (Å²) in [5.74, 6) is 0.754. The number of hydrogen-bond acceptors (Lipinski definition) is 5. The van der Waals surface area contributed by atoms with Crippen LogP contribution in [0, 0.1) is 0 Å². The number of carbonyl (C=O) groups is 1. The van der Waals surface area contributed by atoms with Gasteiger partial charge in [-0.3, -0.25) is 4.79 Å². The maximum absolute atomic E-state index is 12.1. The first-order chi connectivity index (χ1) is 8.24. The molecule has 0 spiro atoms. The van der Waals surface area contributed by atoms with Gasteiger partial charge in [-0.25, -0.2) is 4.98 Å². The van der Waals surface area contributed by atoms with Gasteiger partial charge in [0.15, 0.2) is 0 Å². The molecule has 88 valence electrons. The first-order valence-corrected chi connectivity index (χ1v) is 6.22. The molecule has 0 fully saturated rings. The molecule has 1 aliphatic heterocycles. The summed E-state index contributed by atoms with van der Waals surface area (Å²) in [5, 5.41) is 7.71. The number of halogens is 1. The molecule has 6 nitrogen and oxygen atoms in total. The Kier molecular flexibility index (Phi) is 2.56. The van der Waals surface area contributed by atoms with Crippen molar-refractivity contribution in [1.82, 2.24) is 24.6 Å². The molecule has 0 unspecified atom stereocenters. The predicted octanol–water partition coefficient (Wildman–Crippen LogP) is 1.04. The quantitative estimate of drug-likeness (QED) is 0.776.